The summed E-state index contributed by atoms with van der Waals surface area (Å²) in [6.45, 7) is 0. The van der Waals surface area contributed by atoms with E-state index in [0.717, 1.165) is 18.6 Å². The van der Waals surface area contributed by atoms with Crippen LogP contribution in [0.15, 0.2) is 18.2 Å². The van der Waals surface area contributed by atoms with Crippen LogP contribution in [0.1, 0.15) is 25.7 Å². The molecule has 2 fully saturated rings. The molecule has 2 heterocycles. The molecule has 0 aliphatic carbocycles. The van der Waals surface area contributed by atoms with Crippen molar-refractivity contribution in [2.75, 3.05) is 0 Å². The first-order chi connectivity index (χ1) is 8.19. The molecule has 4 heteroatoms. The van der Waals surface area contributed by atoms with Crippen molar-refractivity contribution in [2.45, 2.75) is 43.9 Å². The average molecular weight is 272 g/mol. The van der Waals surface area contributed by atoms with Crippen molar-refractivity contribution in [1.29, 1.82) is 0 Å². The molecule has 0 amide bonds. The number of rotatable bonds is 2. The molecule has 1 aromatic rings. The van der Waals surface area contributed by atoms with Crippen molar-refractivity contribution in [3.8, 4) is 5.75 Å². The Labute approximate surface area is 111 Å². The van der Waals surface area contributed by atoms with Crippen molar-refractivity contribution < 1.29 is 4.74 Å². The summed E-state index contributed by atoms with van der Waals surface area (Å²) in [7, 11) is 0. The summed E-state index contributed by atoms with van der Waals surface area (Å²) in [6, 6.07) is 6.65. The van der Waals surface area contributed by atoms with Crippen molar-refractivity contribution in [3.63, 3.8) is 0 Å². The quantitative estimate of drug-likeness (QED) is 0.887. The summed E-state index contributed by atoms with van der Waals surface area (Å²) in [5.41, 5.74) is 0. The second-order valence-electron chi connectivity index (χ2n) is 4.95. The molecule has 2 nitrogen and oxygen atoms in total. The first-order valence-electron chi connectivity index (χ1n) is 6.08. The van der Waals surface area contributed by atoms with E-state index in [1.165, 1.54) is 12.8 Å². The van der Waals surface area contributed by atoms with E-state index in [-0.39, 0.29) is 0 Å². The Bertz CT molecular complexity index is 392. The summed E-state index contributed by atoms with van der Waals surface area (Å²) >= 11 is 11.9. The molecule has 2 bridgehead atoms. The molecule has 0 saturated carbocycles. The number of hydrogen-bond acceptors (Lipinski definition) is 2. The SMILES string of the molecule is Clc1cc(Cl)cc(OC2CC3CCC(C2)N3)c1. The molecule has 1 N–H and O–H groups in total. The fourth-order valence-electron chi connectivity index (χ4n) is 2.89. The zero-order chi connectivity index (χ0) is 11.8. The summed E-state index contributed by atoms with van der Waals surface area (Å²) in [4.78, 5) is 0. The van der Waals surface area contributed by atoms with Crippen molar-refractivity contribution >= 4 is 23.2 Å². The predicted molar refractivity (Wildman–Crippen MR) is 70.1 cm³/mol. The third-order valence-corrected chi connectivity index (χ3v) is 4.01. The second-order valence-corrected chi connectivity index (χ2v) is 5.83. The van der Waals surface area contributed by atoms with Gasteiger partial charge in [-0.1, -0.05) is 23.2 Å². The van der Waals surface area contributed by atoms with Gasteiger partial charge in [0.1, 0.15) is 11.9 Å². The first-order valence-corrected chi connectivity index (χ1v) is 6.83. The minimum atomic E-state index is 0.295. The zero-order valence-electron chi connectivity index (χ0n) is 9.46. The largest absolute Gasteiger partial charge is 0.490 e. The third-order valence-electron chi connectivity index (χ3n) is 3.57. The highest BCUT2D eigenvalue weighted by Gasteiger charge is 2.34. The van der Waals surface area contributed by atoms with E-state index in [1.54, 1.807) is 6.07 Å². The summed E-state index contributed by atoms with van der Waals surface area (Å²) in [5, 5.41) is 4.85. The lowest BCUT2D eigenvalue weighted by Gasteiger charge is -2.29. The highest BCUT2D eigenvalue weighted by Crippen LogP contribution is 2.31. The Morgan fingerprint density at radius 3 is 2.18 bits per heavy atom. The van der Waals surface area contributed by atoms with Crippen LogP contribution in [0.3, 0.4) is 0 Å². The van der Waals surface area contributed by atoms with Crippen LogP contribution in [0, 0.1) is 0 Å². The van der Waals surface area contributed by atoms with Gasteiger partial charge in [-0.2, -0.15) is 0 Å². The average Bonchev–Trinajstić information content (AvgIpc) is 2.56. The van der Waals surface area contributed by atoms with Gasteiger partial charge in [-0.25, -0.2) is 0 Å². The predicted octanol–water partition coefficient (Wildman–Crippen LogP) is 3.66. The molecule has 0 spiro atoms. The van der Waals surface area contributed by atoms with E-state index in [2.05, 4.69) is 5.32 Å². The molecule has 0 radical (unpaired) electrons. The lowest BCUT2D eigenvalue weighted by atomic mass is 10.0. The number of benzene rings is 1. The number of piperidine rings is 1. The fraction of sp³-hybridized carbons (Fsp3) is 0.538. The Balaban J connectivity index is 1.70. The Morgan fingerprint density at radius 2 is 1.59 bits per heavy atom. The zero-order valence-corrected chi connectivity index (χ0v) is 11.0. The molecule has 2 saturated heterocycles. The van der Waals surface area contributed by atoms with Gasteiger partial charge in [-0.3, -0.25) is 0 Å². The number of nitrogens with one attached hydrogen (secondary N) is 1. The molecule has 2 aliphatic rings. The van der Waals surface area contributed by atoms with Crippen molar-refractivity contribution in [1.82, 2.24) is 5.32 Å². The van der Waals surface area contributed by atoms with Crippen LogP contribution in [0.25, 0.3) is 0 Å². The van der Waals surface area contributed by atoms with Gasteiger partial charge < -0.3 is 10.1 Å². The Hall–Kier alpha value is -0.440. The maximum atomic E-state index is 5.99. The minimum Gasteiger partial charge on any atom is -0.490 e. The third kappa shape index (κ3) is 2.70. The van der Waals surface area contributed by atoms with Gasteiger partial charge in [-0.15, -0.1) is 0 Å². The molecule has 92 valence electrons. The summed E-state index contributed by atoms with van der Waals surface area (Å²) in [6.07, 6.45) is 5.02. The number of ether oxygens (including phenoxy) is 1. The Morgan fingerprint density at radius 1 is 1.00 bits per heavy atom. The van der Waals surface area contributed by atoms with Gasteiger partial charge in [0, 0.05) is 22.1 Å². The molecule has 0 aromatic heterocycles. The fourth-order valence-corrected chi connectivity index (χ4v) is 3.40. The number of hydrogen-bond donors (Lipinski definition) is 1. The lowest BCUT2D eigenvalue weighted by molar-refractivity contribution is 0.137. The summed E-state index contributed by atoms with van der Waals surface area (Å²) in [5.74, 6) is 0.786. The highest BCUT2D eigenvalue weighted by atomic mass is 35.5. The molecular weight excluding hydrogens is 257 g/mol. The van der Waals surface area contributed by atoms with Gasteiger partial charge in [-0.05, 0) is 43.9 Å². The number of fused-ring (bicyclic) bond motifs is 2. The maximum absolute atomic E-state index is 5.99. The van der Waals surface area contributed by atoms with E-state index in [1.807, 2.05) is 12.1 Å². The monoisotopic (exact) mass is 271 g/mol. The Kier molecular flexibility index (Phi) is 3.20. The second kappa shape index (κ2) is 4.68. The molecule has 3 rings (SSSR count). The van der Waals surface area contributed by atoms with E-state index >= 15 is 0 Å². The van der Waals surface area contributed by atoms with Gasteiger partial charge in [0.25, 0.3) is 0 Å². The summed E-state index contributed by atoms with van der Waals surface area (Å²) < 4.78 is 5.99. The van der Waals surface area contributed by atoms with Crippen molar-refractivity contribution in [3.05, 3.63) is 28.2 Å². The lowest BCUT2D eigenvalue weighted by Crippen LogP contribution is -2.42. The van der Waals surface area contributed by atoms with Gasteiger partial charge in [0.2, 0.25) is 0 Å². The normalized spacial score (nSPS) is 31.5. The van der Waals surface area contributed by atoms with Crippen LogP contribution in [-0.4, -0.2) is 18.2 Å². The van der Waals surface area contributed by atoms with Gasteiger partial charge >= 0.3 is 0 Å². The van der Waals surface area contributed by atoms with Crippen LogP contribution in [-0.2, 0) is 0 Å². The van der Waals surface area contributed by atoms with Crippen molar-refractivity contribution in [2.24, 2.45) is 0 Å². The molecule has 17 heavy (non-hydrogen) atoms. The van der Waals surface area contributed by atoms with Crippen LogP contribution >= 0.6 is 23.2 Å². The maximum Gasteiger partial charge on any atom is 0.122 e. The van der Waals surface area contributed by atoms with Gasteiger partial charge in [0.15, 0.2) is 0 Å². The highest BCUT2D eigenvalue weighted by molar-refractivity contribution is 6.34. The first kappa shape index (κ1) is 11.6. The topological polar surface area (TPSA) is 21.3 Å². The van der Waals surface area contributed by atoms with Crippen LogP contribution in [0.5, 0.6) is 5.75 Å². The smallest absolute Gasteiger partial charge is 0.122 e. The molecule has 2 unspecified atom stereocenters. The van der Waals surface area contributed by atoms with E-state index in [4.69, 9.17) is 27.9 Å². The van der Waals surface area contributed by atoms with Crippen LogP contribution in [0.4, 0.5) is 0 Å². The molecule has 2 aliphatic heterocycles. The molecule has 1 aromatic carbocycles. The standard InChI is InChI=1S/C13H15Cl2NO/c14-8-3-9(15)5-12(4-8)17-13-6-10-1-2-11(7-13)16-10/h3-5,10-11,13,16H,1-2,6-7H2. The molecular formula is C13H15Cl2NO. The van der Waals surface area contributed by atoms with E-state index < -0.39 is 0 Å². The number of halogens is 2. The van der Waals surface area contributed by atoms with E-state index in [0.29, 0.717) is 28.2 Å². The minimum absolute atomic E-state index is 0.295. The van der Waals surface area contributed by atoms with Crippen LogP contribution in [0.2, 0.25) is 10.0 Å². The van der Waals surface area contributed by atoms with Gasteiger partial charge in [0.05, 0.1) is 0 Å². The molecule has 2 atom stereocenters. The van der Waals surface area contributed by atoms with E-state index in [9.17, 15) is 0 Å². The van der Waals surface area contributed by atoms with Crippen LogP contribution < -0.4 is 10.1 Å².